The van der Waals surface area contributed by atoms with Crippen LogP contribution in [0.5, 0.6) is 0 Å². The van der Waals surface area contributed by atoms with E-state index in [0.29, 0.717) is 22.9 Å². The van der Waals surface area contributed by atoms with Gasteiger partial charge in [-0.05, 0) is 29.6 Å². The molecule has 0 aromatic rings. The molecule has 0 aliphatic carbocycles. The average Bonchev–Trinajstić information content (AvgIpc) is 2.31. The minimum absolute atomic E-state index is 0.341. The van der Waals surface area contributed by atoms with Crippen LogP contribution < -0.4 is 0 Å². The van der Waals surface area contributed by atoms with Crippen molar-refractivity contribution in [1.82, 2.24) is 0 Å². The highest BCUT2D eigenvalue weighted by atomic mass is 16.5. The van der Waals surface area contributed by atoms with Crippen LogP contribution in [0.4, 0.5) is 0 Å². The van der Waals surface area contributed by atoms with Crippen LogP contribution in [0.3, 0.4) is 0 Å². The minimum Gasteiger partial charge on any atom is -0.378 e. The first-order chi connectivity index (χ1) is 6.23. The first-order valence-electron chi connectivity index (χ1n) is 5.84. The Balaban J connectivity index is 2.82. The van der Waals surface area contributed by atoms with Gasteiger partial charge in [0.15, 0.2) is 0 Å². The van der Waals surface area contributed by atoms with Crippen LogP contribution in [-0.4, -0.2) is 12.7 Å². The fraction of sp³-hybridized carbons (Fsp3) is 1.00. The number of ether oxygens (including phenoxy) is 1. The van der Waals surface area contributed by atoms with E-state index in [-0.39, 0.29) is 0 Å². The second-order valence-corrected chi connectivity index (χ2v) is 6.76. The molecule has 0 N–H and O–H groups in total. The minimum atomic E-state index is 0.341. The summed E-state index contributed by atoms with van der Waals surface area (Å²) in [6.07, 6.45) is 2.97. The number of hydrogen-bond acceptors (Lipinski definition) is 1. The summed E-state index contributed by atoms with van der Waals surface area (Å²) in [7, 11) is 0. The van der Waals surface area contributed by atoms with Crippen molar-refractivity contribution in [2.75, 3.05) is 6.61 Å². The molecular weight excluding hydrogens is 172 g/mol. The van der Waals surface area contributed by atoms with Crippen molar-refractivity contribution in [2.45, 2.75) is 60.5 Å². The molecule has 1 heteroatoms. The molecule has 0 spiro atoms. The summed E-state index contributed by atoms with van der Waals surface area (Å²) >= 11 is 0. The smallest absolute Gasteiger partial charge is 0.0614 e. The van der Waals surface area contributed by atoms with E-state index in [1.54, 1.807) is 0 Å². The van der Waals surface area contributed by atoms with E-state index in [4.69, 9.17) is 4.74 Å². The summed E-state index contributed by atoms with van der Waals surface area (Å²) in [6.45, 7) is 15.0. The molecule has 14 heavy (non-hydrogen) atoms. The summed E-state index contributed by atoms with van der Waals surface area (Å²) in [5, 5.41) is 0. The van der Waals surface area contributed by atoms with Gasteiger partial charge in [0.05, 0.1) is 6.10 Å². The van der Waals surface area contributed by atoms with Crippen LogP contribution in [0.2, 0.25) is 0 Å². The molecule has 0 amide bonds. The third-order valence-corrected chi connectivity index (χ3v) is 3.20. The van der Waals surface area contributed by atoms with E-state index in [0.717, 1.165) is 6.61 Å². The molecule has 0 radical (unpaired) electrons. The lowest BCUT2D eigenvalue weighted by Crippen LogP contribution is -2.41. The maximum absolute atomic E-state index is 5.87. The van der Waals surface area contributed by atoms with Gasteiger partial charge >= 0.3 is 0 Å². The van der Waals surface area contributed by atoms with Gasteiger partial charge in [-0.3, -0.25) is 0 Å². The molecule has 1 nitrogen and oxygen atoms in total. The van der Waals surface area contributed by atoms with E-state index < -0.39 is 0 Å². The van der Waals surface area contributed by atoms with Crippen molar-refractivity contribution < 1.29 is 4.74 Å². The van der Waals surface area contributed by atoms with Crippen LogP contribution in [0.25, 0.3) is 0 Å². The van der Waals surface area contributed by atoms with Gasteiger partial charge in [-0.15, -0.1) is 0 Å². The summed E-state index contributed by atoms with van der Waals surface area (Å²) in [4.78, 5) is 0. The molecule has 1 heterocycles. The van der Waals surface area contributed by atoms with Gasteiger partial charge in [-0.1, -0.05) is 41.5 Å². The SMILES string of the molecule is CC(C)(C)C(C1CCCO1)C(C)(C)C. The van der Waals surface area contributed by atoms with Crippen LogP contribution >= 0.6 is 0 Å². The second-order valence-electron chi connectivity index (χ2n) is 6.76. The van der Waals surface area contributed by atoms with Crippen LogP contribution in [0, 0.1) is 16.7 Å². The molecule has 84 valence electrons. The molecule has 1 aliphatic heterocycles. The van der Waals surface area contributed by atoms with Crippen LogP contribution in [-0.2, 0) is 4.74 Å². The van der Waals surface area contributed by atoms with Crippen LogP contribution in [0.15, 0.2) is 0 Å². The van der Waals surface area contributed by atoms with Crippen molar-refractivity contribution in [2.24, 2.45) is 16.7 Å². The molecule has 1 saturated heterocycles. The summed E-state index contributed by atoms with van der Waals surface area (Å²) in [5.41, 5.74) is 0.681. The largest absolute Gasteiger partial charge is 0.378 e. The molecule has 1 fully saturated rings. The predicted molar refractivity (Wildman–Crippen MR) is 61.4 cm³/mol. The Morgan fingerprint density at radius 1 is 1.00 bits per heavy atom. The van der Waals surface area contributed by atoms with E-state index in [2.05, 4.69) is 41.5 Å². The van der Waals surface area contributed by atoms with Crippen molar-refractivity contribution in [3.63, 3.8) is 0 Å². The highest BCUT2D eigenvalue weighted by Gasteiger charge is 2.42. The molecule has 0 aromatic carbocycles. The summed E-state index contributed by atoms with van der Waals surface area (Å²) in [5.74, 6) is 0.650. The Kier molecular flexibility index (Phi) is 3.30. The molecule has 0 saturated carbocycles. The Morgan fingerprint density at radius 3 is 1.79 bits per heavy atom. The Hall–Kier alpha value is -0.0400. The second kappa shape index (κ2) is 3.84. The van der Waals surface area contributed by atoms with Crippen molar-refractivity contribution in [1.29, 1.82) is 0 Å². The number of rotatable bonds is 1. The first-order valence-corrected chi connectivity index (χ1v) is 5.84. The van der Waals surface area contributed by atoms with Crippen molar-refractivity contribution in [3.8, 4) is 0 Å². The van der Waals surface area contributed by atoms with Gasteiger partial charge in [0, 0.05) is 6.61 Å². The van der Waals surface area contributed by atoms with Gasteiger partial charge in [0.2, 0.25) is 0 Å². The summed E-state index contributed by atoms with van der Waals surface area (Å²) in [6, 6.07) is 0. The molecular formula is C13H26O. The number of hydrogen-bond donors (Lipinski definition) is 0. The predicted octanol–water partition coefficient (Wildman–Crippen LogP) is 3.87. The third-order valence-electron chi connectivity index (χ3n) is 3.20. The van der Waals surface area contributed by atoms with Gasteiger partial charge < -0.3 is 4.74 Å². The lowest BCUT2D eigenvalue weighted by molar-refractivity contribution is -0.0398. The van der Waals surface area contributed by atoms with Crippen LogP contribution in [0.1, 0.15) is 54.4 Å². The highest BCUT2D eigenvalue weighted by molar-refractivity contribution is 4.90. The zero-order valence-corrected chi connectivity index (χ0v) is 10.7. The maximum atomic E-state index is 5.87. The van der Waals surface area contributed by atoms with Gasteiger partial charge in [-0.2, -0.15) is 0 Å². The Bertz CT molecular complexity index is 162. The normalized spacial score (nSPS) is 24.6. The highest BCUT2D eigenvalue weighted by Crippen LogP contribution is 2.45. The zero-order valence-electron chi connectivity index (χ0n) is 10.7. The third kappa shape index (κ3) is 2.73. The molecule has 0 bridgehead atoms. The zero-order chi connectivity index (χ0) is 11.0. The van der Waals surface area contributed by atoms with E-state index >= 15 is 0 Å². The monoisotopic (exact) mass is 198 g/mol. The van der Waals surface area contributed by atoms with Gasteiger partial charge in [-0.25, -0.2) is 0 Å². The summed E-state index contributed by atoms with van der Waals surface area (Å²) < 4.78 is 5.87. The topological polar surface area (TPSA) is 9.23 Å². The van der Waals surface area contributed by atoms with Crippen molar-refractivity contribution in [3.05, 3.63) is 0 Å². The maximum Gasteiger partial charge on any atom is 0.0614 e. The quantitative estimate of drug-likeness (QED) is 0.621. The molecule has 1 rings (SSSR count). The lowest BCUT2D eigenvalue weighted by Gasteiger charge is -2.44. The van der Waals surface area contributed by atoms with E-state index in [9.17, 15) is 0 Å². The van der Waals surface area contributed by atoms with Gasteiger partial charge in [0.1, 0.15) is 0 Å². The van der Waals surface area contributed by atoms with Gasteiger partial charge in [0.25, 0.3) is 0 Å². The first kappa shape index (κ1) is 12.0. The molecule has 1 unspecified atom stereocenters. The average molecular weight is 198 g/mol. The lowest BCUT2D eigenvalue weighted by atomic mass is 9.64. The Morgan fingerprint density at radius 2 is 1.50 bits per heavy atom. The van der Waals surface area contributed by atoms with E-state index in [1.807, 2.05) is 0 Å². The fourth-order valence-corrected chi connectivity index (χ4v) is 3.28. The van der Waals surface area contributed by atoms with E-state index in [1.165, 1.54) is 12.8 Å². The molecule has 1 atom stereocenters. The fourth-order valence-electron chi connectivity index (χ4n) is 3.28. The molecule has 0 aromatic heterocycles. The Labute approximate surface area is 89.2 Å². The standard InChI is InChI=1S/C13H26O/c1-12(2,3)11(13(4,5)6)10-8-7-9-14-10/h10-11H,7-9H2,1-6H3. The molecule has 1 aliphatic rings. The van der Waals surface area contributed by atoms with Crippen molar-refractivity contribution >= 4 is 0 Å².